The van der Waals surface area contributed by atoms with Gasteiger partial charge in [-0.3, -0.25) is 9.59 Å². The zero-order valence-electron chi connectivity index (χ0n) is 17.3. The number of ether oxygens (including phenoxy) is 1. The number of aromatic nitrogens is 1. The van der Waals surface area contributed by atoms with Gasteiger partial charge in [0.25, 0.3) is 11.5 Å². The Kier molecular flexibility index (Phi) is 6.04. The minimum Gasteiger partial charge on any atom is -0.495 e. The standard InChI is InChI=1S/C24H19FN2O4S/c1-27-23(14-22(28)26-18-9-5-6-10-20(18)30-2)32-21(24(27)29)13-15-11-12-19(31-15)16-7-3-4-8-17(16)25/h3-14H,1-2H3,(H,26,28). The lowest BCUT2D eigenvalue weighted by molar-refractivity contribution is -0.110. The molecule has 0 saturated heterocycles. The molecule has 0 spiro atoms. The number of halogens is 1. The Morgan fingerprint density at radius 1 is 1.12 bits per heavy atom. The van der Waals surface area contributed by atoms with E-state index in [1.54, 1.807) is 67.7 Å². The molecule has 1 amide bonds. The van der Waals surface area contributed by atoms with Crippen LogP contribution in [0, 0.1) is 5.82 Å². The maximum atomic E-state index is 14.0. The Labute approximate surface area is 186 Å². The van der Waals surface area contributed by atoms with Crippen LogP contribution in [0.25, 0.3) is 23.5 Å². The molecule has 2 aromatic heterocycles. The highest BCUT2D eigenvalue weighted by molar-refractivity contribution is 7.07. The molecule has 0 bridgehead atoms. The van der Waals surface area contributed by atoms with E-state index in [9.17, 15) is 14.0 Å². The summed E-state index contributed by atoms with van der Waals surface area (Å²) in [4.78, 5) is 25.1. The van der Waals surface area contributed by atoms with Crippen molar-refractivity contribution in [3.8, 4) is 17.1 Å². The predicted molar refractivity (Wildman–Crippen MR) is 123 cm³/mol. The zero-order chi connectivity index (χ0) is 22.7. The van der Waals surface area contributed by atoms with Gasteiger partial charge in [0.15, 0.2) is 0 Å². The summed E-state index contributed by atoms with van der Waals surface area (Å²) in [7, 11) is 3.11. The van der Waals surface area contributed by atoms with E-state index in [0.717, 1.165) is 11.3 Å². The molecule has 32 heavy (non-hydrogen) atoms. The van der Waals surface area contributed by atoms with E-state index in [0.29, 0.717) is 37.7 Å². The number of thiazole rings is 1. The third kappa shape index (κ3) is 4.40. The number of methoxy groups -OCH3 is 1. The number of hydrogen-bond donors (Lipinski definition) is 1. The Balaban J connectivity index is 1.64. The van der Waals surface area contributed by atoms with Gasteiger partial charge in [0.1, 0.15) is 27.8 Å². The number of nitrogens with one attached hydrogen (secondary N) is 1. The number of hydrogen-bond acceptors (Lipinski definition) is 5. The quantitative estimate of drug-likeness (QED) is 0.507. The minimum absolute atomic E-state index is 0.268. The van der Waals surface area contributed by atoms with Crippen molar-refractivity contribution in [1.29, 1.82) is 0 Å². The van der Waals surface area contributed by atoms with Crippen molar-refractivity contribution in [1.82, 2.24) is 4.57 Å². The lowest BCUT2D eigenvalue weighted by Gasteiger charge is -2.07. The number of carbonyl (C=O) groups excluding carboxylic acids is 1. The van der Waals surface area contributed by atoms with Gasteiger partial charge < -0.3 is 19.0 Å². The molecule has 2 aromatic carbocycles. The summed E-state index contributed by atoms with van der Waals surface area (Å²) in [5, 5.41) is 2.75. The number of carbonyl (C=O) groups is 1. The Bertz CT molecular complexity index is 1470. The molecule has 162 valence electrons. The van der Waals surface area contributed by atoms with Crippen LogP contribution in [0.4, 0.5) is 10.1 Å². The van der Waals surface area contributed by atoms with E-state index in [1.165, 1.54) is 23.8 Å². The van der Waals surface area contributed by atoms with E-state index < -0.39 is 11.7 Å². The van der Waals surface area contributed by atoms with E-state index in [4.69, 9.17) is 9.15 Å². The summed E-state index contributed by atoms with van der Waals surface area (Å²) >= 11 is 1.15. The number of para-hydroxylation sites is 2. The lowest BCUT2D eigenvalue weighted by atomic mass is 10.1. The Hall–Kier alpha value is -3.91. The normalized spacial score (nSPS) is 12.2. The third-order valence-electron chi connectivity index (χ3n) is 4.72. The molecule has 0 aliphatic heterocycles. The van der Waals surface area contributed by atoms with Crippen LogP contribution in [-0.4, -0.2) is 17.6 Å². The van der Waals surface area contributed by atoms with Crippen molar-refractivity contribution in [2.75, 3.05) is 12.4 Å². The average Bonchev–Trinajstić information content (AvgIpc) is 3.35. The second-order valence-electron chi connectivity index (χ2n) is 6.83. The van der Waals surface area contributed by atoms with Gasteiger partial charge in [-0.1, -0.05) is 24.3 Å². The fourth-order valence-electron chi connectivity index (χ4n) is 3.10. The smallest absolute Gasteiger partial charge is 0.268 e. The SMILES string of the molecule is COc1ccccc1NC(=O)C=c1sc(=Cc2ccc(-c3ccccc3F)o2)c(=O)n1C. The second-order valence-corrected chi connectivity index (χ2v) is 7.89. The molecule has 0 aliphatic rings. The van der Waals surface area contributed by atoms with Crippen LogP contribution in [0.3, 0.4) is 0 Å². The van der Waals surface area contributed by atoms with Gasteiger partial charge in [0.05, 0.1) is 22.9 Å². The lowest BCUT2D eigenvalue weighted by Crippen LogP contribution is -2.29. The zero-order valence-corrected chi connectivity index (χ0v) is 18.1. The highest BCUT2D eigenvalue weighted by atomic mass is 32.1. The first kappa shape index (κ1) is 21.3. The minimum atomic E-state index is -0.391. The molecule has 0 unspecified atom stereocenters. The van der Waals surface area contributed by atoms with Crippen molar-refractivity contribution >= 4 is 35.1 Å². The van der Waals surface area contributed by atoms with Gasteiger partial charge >= 0.3 is 0 Å². The molecule has 8 heteroatoms. The molecule has 0 saturated carbocycles. The van der Waals surface area contributed by atoms with Crippen molar-refractivity contribution in [3.05, 3.63) is 91.8 Å². The Morgan fingerprint density at radius 2 is 1.88 bits per heavy atom. The highest BCUT2D eigenvalue weighted by Crippen LogP contribution is 2.25. The van der Waals surface area contributed by atoms with Crippen LogP contribution in [0.2, 0.25) is 0 Å². The van der Waals surface area contributed by atoms with Crippen LogP contribution in [0.1, 0.15) is 5.76 Å². The van der Waals surface area contributed by atoms with Crippen LogP contribution in [-0.2, 0) is 11.8 Å². The van der Waals surface area contributed by atoms with Gasteiger partial charge in [0.2, 0.25) is 0 Å². The first-order chi connectivity index (χ1) is 15.5. The van der Waals surface area contributed by atoms with Gasteiger partial charge in [-0.2, -0.15) is 0 Å². The maximum Gasteiger partial charge on any atom is 0.268 e. The van der Waals surface area contributed by atoms with Gasteiger partial charge in [-0.05, 0) is 36.4 Å². The topological polar surface area (TPSA) is 73.5 Å². The predicted octanol–water partition coefficient (Wildman–Crippen LogP) is 3.10. The fourth-order valence-corrected chi connectivity index (χ4v) is 4.11. The Morgan fingerprint density at radius 3 is 2.66 bits per heavy atom. The molecule has 6 nitrogen and oxygen atoms in total. The number of rotatable bonds is 5. The molecule has 4 rings (SSSR count). The molecule has 4 aromatic rings. The van der Waals surface area contributed by atoms with Crippen LogP contribution >= 0.6 is 11.3 Å². The fraction of sp³-hybridized carbons (Fsp3) is 0.0833. The highest BCUT2D eigenvalue weighted by Gasteiger charge is 2.10. The summed E-state index contributed by atoms with van der Waals surface area (Å²) in [6.45, 7) is 0. The van der Waals surface area contributed by atoms with Gasteiger partial charge in [-0.25, -0.2) is 4.39 Å². The average molecular weight is 450 g/mol. The summed E-state index contributed by atoms with van der Waals surface area (Å²) < 4.78 is 27.2. The van der Waals surface area contributed by atoms with Gasteiger partial charge in [-0.15, -0.1) is 11.3 Å². The van der Waals surface area contributed by atoms with E-state index >= 15 is 0 Å². The van der Waals surface area contributed by atoms with Crippen molar-refractivity contribution < 1.29 is 18.3 Å². The van der Waals surface area contributed by atoms with E-state index in [2.05, 4.69) is 5.32 Å². The summed E-state index contributed by atoms with van der Waals surface area (Å²) in [6.07, 6.45) is 2.93. The van der Waals surface area contributed by atoms with Crippen LogP contribution in [0.15, 0.2) is 69.9 Å². The van der Waals surface area contributed by atoms with E-state index in [-0.39, 0.29) is 5.56 Å². The van der Waals surface area contributed by atoms with Crippen LogP contribution < -0.4 is 24.8 Å². The number of nitrogens with zero attached hydrogens (tertiary/aromatic N) is 1. The molecule has 1 N–H and O–H groups in total. The largest absolute Gasteiger partial charge is 0.495 e. The molecule has 2 heterocycles. The summed E-state index contributed by atoms with van der Waals surface area (Å²) in [5.74, 6) is 0.529. The van der Waals surface area contributed by atoms with Crippen molar-refractivity contribution in [2.45, 2.75) is 0 Å². The summed E-state index contributed by atoms with van der Waals surface area (Å²) in [5.41, 5.74) is 0.601. The third-order valence-corrected chi connectivity index (χ3v) is 5.83. The molecule has 0 atom stereocenters. The number of anilines is 1. The molecule has 0 fully saturated rings. The first-order valence-electron chi connectivity index (χ1n) is 9.64. The monoisotopic (exact) mass is 450 g/mol. The van der Waals surface area contributed by atoms with Crippen molar-refractivity contribution in [2.24, 2.45) is 7.05 Å². The number of furan rings is 1. The van der Waals surface area contributed by atoms with Crippen LogP contribution in [0.5, 0.6) is 5.75 Å². The molecule has 0 aliphatic carbocycles. The number of amides is 1. The summed E-state index contributed by atoms with van der Waals surface area (Å²) in [6, 6.07) is 16.7. The molecular weight excluding hydrogens is 431 g/mol. The molecule has 0 radical (unpaired) electrons. The van der Waals surface area contributed by atoms with Crippen molar-refractivity contribution in [3.63, 3.8) is 0 Å². The van der Waals surface area contributed by atoms with E-state index in [1.807, 2.05) is 0 Å². The second kappa shape index (κ2) is 9.07. The van der Waals surface area contributed by atoms with Gasteiger partial charge in [0, 0.05) is 19.2 Å². The first-order valence-corrected chi connectivity index (χ1v) is 10.5. The number of benzene rings is 2. The maximum absolute atomic E-state index is 14.0. The molecular formula is C24H19FN2O4S.